The van der Waals surface area contributed by atoms with Gasteiger partial charge in [-0.05, 0) is 86.1 Å². The summed E-state index contributed by atoms with van der Waals surface area (Å²) in [7, 11) is -3.89. The molecule has 0 aliphatic carbocycles. The summed E-state index contributed by atoms with van der Waals surface area (Å²) in [4.78, 5) is 23.6. The van der Waals surface area contributed by atoms with Crippen LogP contribution in [-0.2, 0) is 10.0 Å². The Labute approximate surface area is 173 Å². The molecule has 2 N–H and O–H groups in total. The lowest BCUT2D eigenvalue weighted by atomic mass is 10.1. The van der Waals surface area contributed by atoms with Crippen molar-refractivity contribution < 1.29 is 22.4 Å². The molecule has 0 radical (unpaired) electrons. The average molecular weight is 426 g/mol. The Morgan fingerprint density at radius 1 is 0.833 bits per heavy atom. The lowest BCUT2D eigenvalue weighted by molar-refractivity contribution is 0.101. The molecule has 1 amide bonds. The van der Waals surface area contributed by atoms with Crippen molar-refractivity contribution in [1.82, 2.24) is 0 Å². The van der Waals surface area contributed by atoms with Gasteiger partial charge in [0.2, 0.25) is 0 Å². The molecule has 0 fully saturated rings. The van der Waals surface area contributed by atoms with E-state index in [1.165, 1.54) is 50.2 Å². The van der Waals surface area contributed by atoms with Crippen molar-refractivity contribution in [2.24, 2.45) is 0 Å². The number of sulfonamides is 1. The van der Waals surface area contributed by atoms with E-state index in [1.54, 1.807) is 24.3 Å². The number of rotatable bonds is 6. The number of Topliss-reactive ketones (excluding diaryl/α,β-unsaturated/α-hetero) is 1. The number of halogens is 1. The number of benzene rings is 3. The van der Waals surface area contributed by atoms with Gasteiger partial charge in [0.05, 0.1) is 4.90 Å². The molecule has 0 aliphatic rings. The molecule has 3 aromatic rings. The van der Waals surface area contributed by atoms with Crippen LogP contribution < -0.4 is 10.0 Å². The lowest BCUT2D eigenvalue weighted by Crippen LogP contribution is -2.14. The van der Waals surface area contributed by atoms with Crippen LogP contribution in [0.5, 0.6) is 0 Å². The van der Waals surface area contributed by atoms with Gasteiger partial charge >= 0.3 is 0 Å². The zero-order chi connectivity index (χ0) is 21.9. The zero-order valence-corrected chi connectivity index (χ0v) is 17.1. The largest absolute Gasteiger partial charge is 0.322 e. The number of nitrogens with one attached hydrogen (secondary N) is 2. The Balaban J connectivity index is 1.70. The minimum atomic E-state index is -3.89. The lowest BCUT2D eigenvalue weighted by Gasteiger charge is -2.10. The maximum Gasteiger partial charge on any atom is 0.261 e. The van der Waals surface area contributed by atoms with Crippen LogP contribution in [-0.4, -0.2) is 20.1 Å². The summed E-state index contributed by atoms with van der Waals surface area (Å²) in [6.07, 6.45) is 0. The normalized spacial score (nSPS) is 11.0. The molecule has 3 aromatic carbocycles. The van der Waals surface area contributed by atoms with Gasteiger partial charge in [0.1, 0.15) is 5.82 Å². The molecular formula is C22H19FN2O4S. The van der Waals surface area contributed by atoms with Gasteiger partial charge in [0.15, 0.2) is 5.78 Å². The fourth-order valence-electron chi connectivity index (χ4n) is 2.68. The van der Waals surface area contributed by atoms with E-state index < -0.39 is 15.8 Å². The summed E-state index contributed by atoms with van der Waals surface area (Å²) in [5.74, 6) is -0.934. The van der Waals surface area contributed by atoms with Crippen LogP contribution in [0.25, 0.3) is 0 Å². The number of ketones is 1. The molecule has 8 heteroatoms. The highest BCUT2D eigenvalue weighted by molar-refractivity contribution is 7.92. The maximum atomic E-state index is 13.4. The molecule has 0 bridgehead atoms. The molecule has 0 heterocycles. The monoisotopic (exact) mass is 426 g/mol. The number of hydrogen-bond acceptors (Lipinski definition) is 4. The smallest absolute Gasteiger partial charge is 0.261 e. The molecule has 0 unspecified atom stereocenters. The summed E-state index contributed by atoms with van der Waals surface area (Å²) >= 11 is 0. The van der Waals surface area contributed by atoms with E-state index in [2.05, 4.69) is 10.0 Å². The van der Waals surface area contributed by atoms with Crippen molar-refractivity contribution in [3.63, 3.8) is 0 Å². The van der Waals surface area contributed by atoms with E-state index in [4.69, 9.17) is 0 Å². The van der Waals surface area contributed by atoms with Crippen LogP contribution in [0.4, 0.5) is 15.8 Å². The predicted octanol–water partition coefficient (Wildman–Crippen LogP) is 4.39. The Hall–Kier alpha value is -3.52. The van der Waals surface area contributed by atoms with Crippen LogP contribution in [0.2, 0.25) is 0 Å². The van der Waals surface area contributed by atoms with Crippen LogP contribution >= 0.6 is 0 Å². The Bertz CT molecular complexity index is 1200. The molecule has 154 valence electrons. The average Bonchev–Trinajstić information content (AvgIpc) is 2.70. The molecule has 3 rings (SSSR count). The summed E-state index contributed by atoms with van der Waals surface area (Å²) in [6.45, 7) is 2.94. The molecule has 0 saturated carbocycles. The summed E-state index contributed by atoms with van der Waals surface area (Å²) in [5, 5.41) is 2.71. The summed E-state index contributed by atoms with van der Waals surface area (Å²) in [5.41, 5.74) is 1.88. The van der Waals surface area contributed by atoms with Gasteiger partial charge in [-0.3, -0.25) is 14.3 Å². The van der Waals surface area contributed by atoms with Gasteiger partial charge < -0.3 is 5.32 Å². The van der Waals surface area contributed by atoms with Crippen molar-refractivity contribution >= 4 is 33.1 Å². The number of amides is 1. The fourth-order valence-corrected chi connectivity index (χ4v) is 3.82. The first-order valence-corrected chi connectivity index (χ1v) is 10.5. The predicted molar refractivity (Wildman–Crippen MR) is 113 cm³/mol. The molecular weight excluding hydrogens is 407 g/mol. The van der Waals surface area contributed by atoms with E-state index in [1.807, 2.05) is 0 Å². The SMILES string of the molecule is CC(=O)c1ccc(NC(=O)c2ccc(NS(=O)(=O)c3ccc(F)c(C)c3)cc2)cc1. The third-order valence-corrected chi connectivity index (χ3v) is 5.77. The highest BCUT2D eigenvalue weighted by Gasteiger charge is 2.16. The standard InChI is InChI=1S/C22H19FN2O4S/c1-14-13-20(11-12-21(14)23)30(28,29)25-19-9-5-17(6-10-19)22(27)24-18-7-3-16(4-8-18)15(2)26/h3-13,25H,1-2H3,(H,24,27). The maximum absolute atomic E-state index is 13.4. The number of carbonyl (C=O) groups excluding carboxylic acids is 2. The number of hydrogen-bond donors (Lipinski definition) is 2. The number of aryl methyl sites for hydroxylation is 1. The Morgan fingerprint density at radius 2 is 1.40 bits per heavy atom. The first-order valence-electron chi connectivity index (χ1n) is 8.97. The third kappa shape index (κ3) is 4.90. The van der Waals surface area contributed by atoms with Crippen LogP contribution in [0, 0.1) is 12.7 Å². The second kappa shape index (κ2) is 8.46. The number of carbonyl (C=O) groups is 2. The number of anilines is 2. The minimum absolute atomic E-state index is 0.0581. The molecule has 30 heavy (non-hydrogen) atoms. The highest BCUT2D eigenvalue weighted by Crippen LogP contribution is 2.19. The Morgan fingerprint density at radius 3 is 1.97 bits per heavy atom. The molecule has 0 spiro atoms. The van der Waals surface area contributed by atoms with Crippen molar-refractivity contribution in [3.8, 4) is 0 Å². The zero-order valence-electron chi connectivity index (χ0n) is 16.3. The third-order valence-electron chi connectivity index (χ3n) is 4.39. The highest BCUT2D eigenvalue weighted by atomic mass is 32.2. The molecule has 0 aliphatic heterocycles. The van der Waals surface area contributed by atoms with Crippen molar-refractivity contribution in [2.45, 2.75) is 18.7 Å². The second-order valence-corrected chi connectivity index (χ2v) is 8.36. The van der Waals surface area contributed by atoms with Gasteiger partial charge in [-0.25, -0.2) is 12.8 Å². The first kappa shape index (κ1) is 21.2. The van der Waals surface area contributed by atoms with Crippen molar-refractivity contribution in [3.05, 3.63) is 89.2 Å². The summed E-state index contributed by atoms with van der Waals surface area (Å²) in [6, 6.07) is 15.9. The fraction of sp³-hybridized carbons (Fsp3) is 0.0909. The molecule has 6 nitrogen and oxygen atoms in total. The second-order valence-electron chi connectivity index (χ2n) is 6.68. The van der Waals surface area contributed by atoms with Gasteiger partial charge in [0.25, 0.3) is 15.9 Å². The van der Waals surface area contributed by atoms with Crippen molar-refractivity contribution in [2.75, 3.05) is 10.0 Å². The molecule has 0 saturated heterocycles. The van der Waals surface area contributed by atoms with E-state index in [-0.39, 0.29) is 27.8 Å². The van der Waals surface area contributed by atoms with Crippen LogP contribution in [0.3, 0.4) is 0 Å². The van der Waals surface area contributed by atoms with Gasteiger partial charge in [-0.2, -0.15) is 0 Å². The van der Waals surface area contributed by atoms with E-state index in [0.717, 1.165) is 6.07 Å². The topological polar surface area (TPSA) is 92.3 Å². The summed E-state index contributed by atoms with van der Waals surface area (Å²) < 4.78 is 40.7. The quantitative estimate of drug-likeness (QED) is 0.572. The van der Waals surface area contributed by atoms with Crippen LogP contribution in [0.1, 0.15) is 33.2 Å². The van der Waals surface area contributed by atoms with E-state index in [0.29, 0.717) is 16.8 Å². The first-order chi connectivity index (χ1) is 14.2. The Kier molecular flexibility index (Phi) is 5.98. The van der Waals surface area contributed by atoms with E-state index in [9.17, 15) is 22.4 Å². The molecule has 0 atom stereocenters. The molecule has 0 aromatic heterocycles. The van der Waals surface area contributed by atoms with Crippen molar-refractivity contribution in [1.29, 1.82) is 0 Å². The minimum Gasteiger partial charge on any atom is -0.322 e. The van der Waals surface area contributed by atoms with Gasteiger partial charge in [-0.1, -0.05) is 0 Å². The van der Waals surface area contributed by atoms with E-state index >= 15 is 0 Å². The van der Waals surface area contributed by atoms with Gasteiger partial charge in [0, 0.05) is 22.5 Å². The van der Waals surface area contributed by atoms with Crippen LogP contribution in [0.15, 0.2) is 71.6 Å². The van der Waals surface area contributed by atoms with Gasteiger partial charge in [-0.15, -0.1) is 0 Å².